The number of hydrogen-bond donors (Lipinski definition) is 2. The van der Waals surface area contributed by atoms with Crippen molar-refractivity contribution in [3.8, 4) is 10.7 Å². The molecule has 0 aliphatic carbocycles. The van der Waals surface area contributed by atoms with Crippen molar-refractivity contribution in [1.29, 1.82) is 0 Å². The van der Waals surface area contributed by atoms with Crippen LogP contribution in [0.5, 0.6) is 0 Å². The van der Waals surface area contributed by atoms with Crippen molar-refractivity contribution in [3.63, 3.8) is 0 Å². The van der Waals surface area contributed by atoms with Gasteiger partial charge in [-0.05, 0) is 17.0 Å². The van der Waals surface area contributed by atoms with E-state index in [9.17, 15) is 4.79 Å². The van der Waals surface area contributed by atoms with Crippen LogP contribution in [0.25, 0.3) is 10.7 Å². The van der Waals surface area contributed by atoms with Crippen molar-refractivity contribution < 1.29 is 19.0 Å². The fourth-order valence-electron chi connectivity index (χ4n) is 3.37. The van der Waals surface area contributed by atoms with E-state index >= 15 is 0 Å². The minimum atomic E-state index is -0.0191. The summed E-state index contributed by atoms with van der Waals surface area (Å²) in [4.78, 5) is 19.2. The molecule has 152 valence electrons. The van der Waals surface area contributed by atoms with Gasteiger partial charge < -0.3 is 19.5 Å². The van der Waals surface area contributed by atoms with E-state index in [0.29, 0.717) is 31.1 Å². The molecular weight excluding hydrogens is 388 g/mol. The zero-order valence-electron chi connectivity index (χ0n) is 16.2. The van der Waals surface area contributed by atoms with Crippen LogP contribution in [0.1, 0.15) is 23.4 Å². The maximum absolute atomic E-state index is 12.3. The molecule has 1 aliphatic rings. The molecule has 0 spiro atoms. The van der Waals surface area contributed by atoms with Crippen LogP contribution in [-0.2, 0) is 29.0 Å². The molecule has 0 bridgehead atoms. The van der Waals surface area contributed by atoms with Gasteiger partial charge in [0.1, 0.15) is 19.6 Å². The fourth-order valence-corrected chi connectivity index (χ4v) is 4.02. The second kappa shape index (κ2) is 9.78. The van der Waals surface area contributed by atoms with Crippen molar-refractivity contribution >= 4 is 17.2 Å². The van der Waals surface area contributed by atoms with Crippen molar-refractivity contribution in [3.05, 3.63) is 58.8 Å². The van der Waals surface area contributed by atoms with E-state index in [1.807, 2.05) is 23.6 Å². The minimum absolute atomic E-state index is 0.0191. The Morgan fingerprint density at radius 3 is 2.76 bits per heavy atom. The number of quaternary nitrogens is 1. The third-order valence-corrected chi connectivity index (χ3v) is 5.88. The number of nitrogens with one attached hydrogen (secondary N) is 2. The van der Waals surface area contributed by atoms with Crippen LogP contribution in [0.15, 0.2) is 46.3 Å². The number of benzene rings is 1. The smallest absolute Gasteiger partial charge is 0.227 e. The van der Waals surface area contributed by atoms with Gasteiger partial charge in [-0.25, -0.2) is 0 Å². The van der Waals surface area contributed by atoms with Crippen LogP contribution in [0.4, 0.5) is 0 Å². The summed E-state index contributed by atoms with van der Waals surface area (Å²) in [6.45, 7) is 5.18. The third kappa shape index (κ3) is 5.50. The summed E-state index contributed by atoms with van der Waals surface area (Å²) in [5.41, 5.74) is 2.44. The first kappa shape index (κ1) is 19.8. The van der Waals surface area contributed by atoms with Crippen LogP contribution in [0.3, 0.4) is 0 Å². The Morgan fingerprint density at radius 2 is 1.97 bits per heavy atom. The number of carbonyl (C=O) groups excluding carboxylic acids is 1. The Labute approximate surface area is 173 Å². The third-order valence-electron chi connectivity index (χ3n) is 5.01. The lowest BCUT2D eigenvalue weighted by Gasteiger charge is -2.24. The maximum atomic E-state index is 12.3. The topological polar surface area (TPSA) is 81.7 Å². The number of aromatic nitrogens is 2. The highest BCUT2D eigenvalue weighted by atomic mass is 32.1. The monoisotopic (exact) mass is 413 g/mol. The molecule has 1 fully saturated rings. The van der Waals surface area contributed by atoms with E-state index in [1.165, 1.54) is 10.5 Å². The summed E-state index contributed by atoms with van der Waals surface area (Å²) in [6.07, 6.45) is 0.757. The number of hydrogen-bond acceptors (Lipinski definition) is 6. The molecule has 3 heterocycles. The highest BCUT2D eigenvalue weighted by Gasteiger charge is 2.16. The van der Waals surface area contributed by atoms with Crippen molar-refractivity contribution in [2.45, 2.75) is 25.9 Å². The van der Waals surface area contributed by atoms with Gasteiger partial charge in [0.05, 0.1) is 18.1 Å². The Kier molecular flexibility index (Phi) is 6.66. The second-order valence-corrected chi connectivity index (χ2v) is 8.02. The molecule has 1 saturated heterocycles. The quantitative estimate of drug-likeness (QED) is 0.584. The van der Waals surface area contributed by atoms with Crippen molar-refractivity contribution in [1.82, 2.24) is 15.5 Å². The first-order valence-electron chi connectivity index (χ1n) is 9.89. The van der Waals surface area contributed by atoms with Gasteiger partial charge in [-0.15, -0.1) is 11.3 Å². The zero-order chi connectivity index (χ0) is 19.9. The van der Waals surface area contributed by atoms with E-state index in [-0.39, 0.29) is 5.91 Å². The Balaban J connectivity index is 1.26. The van der Waals surface area contributed by atoms with E-state index in [0.717, 1.165) is 43.3 Å². The van der Waals surface area contributed by atoms with E-state index in [1.54, 1.807) is 11.3 Å². The number of aryl methyl sites for hydroxylation is 1. The maximum Gasteiger partial charge on any atom is 0.227 e. The average Bonchev–Trinajstić information content (AvgIpc) is 3.44. The highest BCUT2D eigenvalue weighted by molar-refractivity contribution is 7.13. The van der Waals surface area contributed by atoms with Crippen molar-refractivity contribution in [2.24, 2.45) is 0 Å². The van der Waals surface area contributed by atoms with Crippen LogP contribution >= 0.6 is 11.3 Å². The summed E-state index contributed by atoms with van der Waals surface area (Å²) >= 11 is 1.56. The van der Waals surface area contributed by atoms with Gasteiger partial charge in [0.2, 0.25) is 17.6 Å². The zero-order valence-corrected chi connectivity index (χ0v) is 17.0. The van der Waals surface area contributed by atoms with E-state index < -0.39 is 0 Å². The first-order chi connectivity index (χ1) is 14.3. The number of thiophene rings is 1. The van der Waals surface area contributed by atoms with Crippen LogP contribution in [0, 0.1) is 0 Å². The molecule has 7 nitrogen and oxygen atoms in total. The predicted octanol–water partition coefficient (Wildman–Crippen LogP) is 1.46. The summed E-state index contributed by atoms with van der Waals surface area (Å²) in [6, 6.07) is 12.2. The Hall–Kier alpha value is -2.55. The largest absolute Gasteiger partial charge is 0.370 e. The van der Waals surface area contributed by atoms with Crippen LogP contribution < -0.4 is 10.2 Å². The summed E-state index contributed by atoms with van der Waals surface area (Å²) in [5.74, 6) is 1.05. The summed E-state index contributed by atoms with van der Waals surface area (Å²) < 4.78 is 10.7. The Bertz CT molecular complexity index is 920. The highest BCUT2D eigenvalue weighted by Crippen LogP contribution is 2.21. The van der Waals surface area contributed by atoms with E-state index in [2.05, 4.69) is 33.7 Å². The SMILES string of the molecule is O=C(CCc1nc(-c2cccs2)no1)NCc1ccccc1C[NH+]1CCOCC1. The molecule has 0 radical (unpaired) electrons. The molecule has 8 heteroatoms. The average molecular weight is 414 g/mol. The molecule has 1 amide bonds. The van der Waals surface area contributed by atoms with Crippen molar-refractivity contribution in [2.75, 3.05) is 26.3 Å². The fraction of sp³-hybridized carbons (Fsp3) is 0.381. The molecule has 2 aromatic heterocycles. The normalized spacial score (nSPS) is 14.8. The lowest BCUT2D eigenvalue weighted by molar-refractivity contribution is -0.921. The molecule has 1 aliphatic heterocycles. The van der Waals surface area contributed by atoms with Gasteiger partial charge in [0, 0.05) is 24.9 Å². The Morgan fingerprint density at radius 1 is 1.14 bits per heavy atom. The molecule has 4 rings (SSSR count). The number of carbonyl (C=O) groups is 1. The molecule has 0 unspecified atom stereocenters. The number of amides is 1. The predicted molar refractivity (Wildman–Crippen MR) is 109 cm³/mol. The van der Waals surface area contributed by atoms with Gasteiger partial charge in [-0.3, -0.25) is 4.79 Å². The molecule has 3 aromatic rings. The standard InChI is InChI=1S/C21H24N4O3S/c26-19(7-8-20-23-21(24-28-20)18-6-3-13-29-18)22-14-16-4-1-2-5-17(16)15-25-9-11-27-12-10-25/h1-6,13H,7-12,14-15H2,(H,22,26)/p+1. The lowest BCUT2D eigenvalue weighted by Crippen LogP contribution is -3.12. The molecule has 1 aromatic carbocycles. The molecular formula is C21H25N4O3S+. The molecule has 2 N–H and O–H groups in total. The lowest BCUT2D eigenvalue weighted by atomic mass is 10.1. The number of nitrogens with zero attached hydrogens (tertiary/aromatic N) is 2. The molecule has 0 saturated carbocycles. The van der Waals surface area contributed by atoms with Gasteiger partial charge in [0.25, 0.3) is 0 Å². The summed E-state index contributed by atoms with van der Waals surface area (Å²) in [5, 5.41) is 8.97. The molecule has 0 atom stereocenters. The van der Waals surface area contributed by atoms with E-state index in [4.69, 9.17) is 9.26 Å². The summed E-state index contributed by atoms with van der Waals surface area (Å²) in [7, 11) is 0. The van der Waals surface area contributed by atoms with Gasteiger partial charge in [-0.1, -0.05) is 35.5 Å². The minimum Gasteiger partial charge on any atom is -0.370 e. The van der Waals surface area contributed by atoms with Gasteiger partial charge in [0.15, 0.2) is 0 Å². The second-order valence-electron chi connectivity index (χ2n) is 7.07. The van der Waals surface area contributed by atoms with Gasteiger partial charge >= 0.3 is 0 Å². The van der Waals surface area contributed by atoms with Crippen LogP contribution in [0.2, 0.25) is 0 Å². The number of ether oxygens (including phenoxy) is 1. The van der Waals surface area contributed by atoms with Crippen LogP contribution in [-0.4, -0.2) is 42.4 Å². The first-order valence-corrected chi connectivity index (χ1v) is 10.8. The number of morpholine rings is 1. The van der Waals surface area contributed by atoms with Gasteiger partial charge in [-0.2, -0.15) is 4.98 Å². The number of rotatable bonds is 8. The molecule has 29 heavy (non-hydrogen) atoms.